The zero-order valence-corrected chi connectivity index (χ0v) is 15.2. The van der Waals surface area contributed by atoms with Crippen LogP contribution in [0.15, 0.2) is 36.7 Å². The zero-order valence-electron chi connectivity index (χ0n) is 15.2. The Morgan fingerprint density at radius 2 is 2.00 bits per heavy atom. The number of H-pyrrole nitrogens is 1. The minimum absolute atomic E-state index is 0.831. The summed E-state index contributed by atoms with van der Waals surface area (Å²) in [4.78, 5) is 12.8. The third kappa shape index (κ3) is 2.72. The highest BCUT2D eigenvalue weighted by atomic mass is 16.5. The standard InChI is InChI=1S/C21H24N4O/c1-24-6-8-25(9-7-24)17-12-18-19(14-23-21(18)22-13-17)15-4-5-20-16(11-15)3-2-10-26-20/h4-5,11-14H,2-3,6-10H2,1H3,(H,22,23). The number of aromatic amines is 1. The van der Waals surface area contributed by atoms with E-state index in [1.807, 2.05) is 6.20 Å². The molecule has 2 aliphatic rings. The molecule has 0 radical (unpaired) electrons. The number of pyridine rings is 1. The van der Waals surface area contributed by atoms with Crippen molar-refractivity contribution < 1.29 is 4.74 Å². The Kier molecular flexibility index (Phi) is 3.82. The molecule has 26 heavy (non-hydrogen) atoms. The van der Waals surface area contributed by atoms with Crippen LogP contribution in [0.25, 0.3) is 22.2 Å². The van der Waals surface area contributed by atoms with E-state index in [2.05, 4.69) is 57.3 Å². The van der Waals surface area contributed by atoms with E-state index in [1.54, 1.807) is 0 Å². The van der Waals surface area contributed by atoms with Gasteiger partial charge in [-0.05, 0) is 49.2 Å². The van der Waals surface area contributed by atoms with E-state index in [0.717, 1.165) is 57.0 Å². The number of ether oxygens (including phenoxy) is 1. The third-order valence-corrected chi connectivity index (χ3v) is 5.60. The number of hydrogen-bond acceptors (Lipinski definition) is 4. The highest BCUT2D eigenvalue weighted by molar-refractivity contribution is 5.95. The Balaban J connectivity index is 1.53. The van der Waals surface area contributed by atoms with Gasteiger partial charge in [0.15, 0.2) is 0 Å². The summed E-state index contributed by atoms with van der Waals surface area (Å²) in [5.74, 6) is 1.04. The van der Waals surface area contributed by atoms with Crippen molar-refractivity contribution in [1.82, 2.24) is 14.9 Å². The second kappa shape index (κ2) is 6.32. The molecule has 4 heterocycles. The van der Waals surface area contributed by atoms with E-state index in [0.29, 0.717) is 0 Å². The fourth-order valence-electron chi connectivity index (χ4n) is 4.00. The summed E-state index contributed by atoms with van der Waals surface area (Å²) >= 11 is 0. The van der Waals surface area contributed by atoms with Gasteiger partial charge in [0.05, 0.1) is 18.5 Å². The molecule has 5 rings (SSSR count). The molecule has 0 spiro atoms. The molecule has 134 valence electrons. The van der Waals surface area contributed by atoms with Crippen LogP contribution in [-0.2, 0) is 6.42 Å². The SMILES string of the molecule is CN1CCN(c2cnc3[nH]cc(-c4ccc5c(c4)CCCO5)c3c2)CC1. The summed E-state index contributed by atoms with van der Waals surface area (Å²) in [6.45, 7) is 5.14. The first-order valence-corrected chi connectivity index (χ1v) is 9.45. The van der Waals surface area contributed by atoms with Gasteiger partial charge in [0.25, 0.3) is 0 Å². The van der Waals surface area contributed by atoms with Crippen LogP contribution in [0.5, 0.6) is 5.75 Å². The van der Waals surface area contributed by atoms with Crippen LogP contribution in [0.4, 0.5) is 5.69 Å². The second-order valence-electron chi connectivity index (χ2n) is 7.36. The topological polar surface area (TPSA) is 44.4 Å². The summed E-state index contributed by atoms with van der Waals surface area (Å²) < 4.78 is 5.76. The Morgan fingerprint density at radius 1 is 1.12 bits per heavy atom. The van der Waals surface area contributed by atoms with E-state index < -0.39 is 0 Å². The average Bonchev–Trinajstić information content (AvgIpc) is 3.11. The van der Waals surface area contributed by atoms with E-state index in [9.17, 15) is 0 Å². The van der Waals surface area contributed by atoms with Gasteiger partial charge in [-0.25, -0.2) is 4.98 Å². The number of likely N-dealkylation sites (N-methyl/N-ethyl adjacent to an activating group) is 1. The molecular weight excluding hydrogens is 324 g/mol. The van der Waals surface area contributed by atoms with E-state index in [4.69, 9.17) is 4.74 Å². The van der Waals surface area contributed by atoms with Crippen molar-refractivity contribution in [3.63, 3.8) is 0 Å². The van der Waals surface area contributed by atoms with Gasteiger partial charge in [-0.1, -0.05) is 6.07 Å². The fourth-order valence-corrected chi connectivity index (χ4v) is 4.00. The molecule has 0 saturated carbocycles. The molecule has 0 amide bonds. The molecule has 1 aromatic carbocycles. The van der Waals surface area contributed by atoms with Gasteiger partial charge in [-0.3, -0.25) is 0 Å². The summed E-state index contributed by atoms with van der Waals surface area (Å²) in [6.07, 6.45) is 6.27. The van der Waals surface area contributed by atoms with E-state index >= 15 is 0 Å². The summed E-state index contributed by atoms with van der Waals surface area (Å²) in [7, 11) is 2.18. The normalized spacial score (nSPS) is 18.0. The number of aromatic nitrogens is 2. The summed E-state index contributed by atoms with van der Waals surface area (Å²) in [5.41, 5.74) is 5.93. The zero-order chi connectivity index (χ0) is 17.5. The summed E-state index contributed by atoms with van der Waals surface area (Å²) in [6, 6.07) is 8.84. The van der Waals surface area contributed by atoms with Crippen LogP contribution in [0.1, 0.15) is 12.0 Å². The van der Waals surface area contributed by atoms with Crippen molar-refractivity contribution >= 4 is 16.7 Å². The minimum atomic E-state index is 0.831. The molecule has 5 heteroatoms. The van der Waals surface area contributed by atoms with E-state index in [1.165, 1.54) is 27.8 Å². The predicted molar refractivity (Wildman–Crippen MR) is 105 cm³/mol. The Bertz CT molecular complexity index is 940. The van der Waals surface area contributed by atoms with Crippen molar-refractivity contribution in [2.24, 2.45) is 0 Å². The molecule has 0 unspecified atom stereocenters. The lowest BCUT2D eigenvalue weighted by Gasteiger charge is -2.33. The molecule has 2 aromatic heterocycles. The third-order valence-electron chi connectivity index (χ3n) is 5.60. The van der Waals surface area contributed by atoms with Crippen LogP contribution in [0.2, 0.25) is 0 Å². The van der Waals surface area contributed by atoms with Gasteiger partial charge in [0, 0.05) is 43.3 Å². The lowest BCUT2D eigenvalue weighted by Crippen LogP contribution is -2.44. The number of nitrogens with zero attached hydrogens (tertiary/aromatic N) is 3. The first-order chi connectivity index (χ1) is 12.8. The van der Waals surface area contributed by atoms with Crippen LogP contribution in [-0.4, -0.2) is 54.7 Å². The quantitative estimate of drug-likeness (QED) is 0.772. The molecule has 0 bridgehead atoms. The molecule has 3 aromatic rings. The number of aryl methyl sites for hydroxylation is 1. The van der Waals surface area contributed by atoms with Crippen molar-refractivity contribution in [3.8, 4) is 16.9 Å². The van der Waals surface area contributed by atoms with Gasteiger partial charge in [0.1, 0.15) is 11.4 Å². The highest BCUT2D eigenvalue weighted by Crippen LogP contribution is 2.34. The van der Waals surface area contributed by atoms with Crippen LogP contribution < -0.4 is 9.64 Å². The first kappa shape index (κ1) is 15.7. The highest BCUT2D eigenvalue weighted by Gasteiger charge is 2.17. The number of rotatable bonds is 2. The Labute approximate surface area is 153 Å². The molecule has 0 aliphatic carbocycles. The lowest BCUT2D eigenvalue weighted by molar-refractivity contribution is 0.288. The van der Waals surface area contributed by atoms with E-state index in [-0.39, 0.29) is 0 Å². The maximum Gasteiger partial charge on any atom is 0.138 e. The lowest BCUT2D eigenvalue weighted by atomic mass is 9.99. The van der Waals surface area contributed by atoms with Crippen molar-refractivity contribution in [2.45, 2.75) is 12.8 Å². The minimum Gasteiger partial charge on any atom is -0.493 e. The molecule has 1 saturated heterocycles. The Morgan fingerprint density at radius 3 is 2.88 bits per heavy atom. The van der Waals surface area contributed by atoms with Crippen molar-refractivity contribution in [1.29, 1.82) is 0 Å². The van der Waals surface area contributed by atoms with Gasteiger partial charge < -0.3 is 19.5 Å². The van der Waals surface area contributed by atoms with Gasteiger partial charge in [-0.2, -0.15) is 0 Å². The smallest absolute Gasteiger partial charge is 0.138 e. The molecular formula is C21H24N4O. The number of fused-ring (bicyclic) bond motifs is 2. The van der Waals surface area contributed by atoms with Gasteiger partial charge in [0.2, 0.25) is 0 Å². The van der Waals surface area contributed by atoms with Crippen LogP contribution >= 0.6 is 0 Å². The Hall–Kier alpha value is -2.53. The second-order valence-corrected chi connectivity index (χ2v) is 7.36. The molecule has 5 nitrogen and oxygen atoms in total. The monoisotopic (exact) mass is 348 g/mol. The molecule has 0 atom stereocenters. The number of piperazine rings is 1. The maximum atomic E-state index is 5.76. The number of hydrogen-bond donors (Lipinski definition) is 1. The maximum absolute atomic E-state index is 5.76. The first-order valence-electron chi connectivity index (χ1n) is 9.45. The fraction of sp³-hybridized carbons (Fsp3) is 0.381. The van der Waals surface area contributed by atoms with Gasteiger partial charge in [-0.15, -0.1) is 0 Å². The predicted octanol–water partition coefficient (Wildman–Crippen LogP) is 3.31. The van der Waals surface area contributed by atoms with Crippen molar-refractivity contribution in [2.75, 3.05) is 44.7 Å². The number of anilines is 1. The number of nitrogens with one attached hydrogen (secondary N) is 1. The van der Waals surface area contributed by atoms with Crippen LogP contribution in [0.3, 0.4) is 0 Å². The van der Waals surface area contributed by atoms with Crippen LogP contribution in [0, 0.1) is 0 Å². The molecule has 2 aliphatic heterocycles. The molecule has 1 N–H and O–H groups in total. The summed E-state index contributed by atoms with van der Waals surface area (Å²) in [5, 5.41) is 1.19. The average molecular weight is 348 g/mol. The molecule has 1 fully saturated rings. The van der Waals surface area contributed by atoms with Gasteiger partial charge >= 0.3 is 0 Å². The largest absolute Gasteiger partial charge is 0.493 e. The number of benzene rings is 1. The van der Waals surface area contributed by atoms with Crippen molar-refractivity contribution in [3.05, 3.63) is 42.2 Å².